The van der Waals surface area contributed by atoms with E-state index in [0.717, 1.165) is 34.1 Å². The summed E-state index contributed by atoms with van der Waals surface area (Å²) in [5.41, 5.74) is 0.989. The molecule has 0 aliphatic carbocycles. The van der Waals surface area contributed by atoms with Crippen molar-refractivity contribution in [3.63, 3.8) is 0 Å². The molecule has 4 nitrogen and oxygen atoms in total. The molecular formula is C11H17BrN4S. The molecule has 0 amide bonds. The maximum atomic E-state index is 4.60. The zero-order valence-electron chi connectivity index (χ0n) is 10.3. The number of rotatable bonds is 2. The summed E-state index contributed by atoms with van der Waals surface area (Å²) in [4.78, 5) is 11.5. The van der Waals surface area contributed by atoms with Crippen LogP contribution in [0.5, 0.6) is 0 Å². The van der Waals surface area contributed by atoms with Crippen molar-refractivity contribution in [1.29, 1.82) is 0 Å². The minimum Gasteiger partial charge on any atom is -0.372 e. The van der Waals surface area contributed by atoms with Gasteiger partial charge in [0.15, 0.2) is 0 Å². The number of thioether (sulfide) groups is 1. The van der Waals surface area contributed by atoms with Gasteiger partial charge in [-0.2, -0.15) is 11.8 Å². The molecule has 1 atom stereocenters. The standard InChI is InChI=1S/C11H17BrN4S/c1-7-9(12)11(13-2)15-10(14-7)8-6-17-5-4-16(8)3/h8H,4-6H2,1-3H3,(H,13,14,15). The van der Waals surface area contributed by atoms with Crippen LogP contribution in [-0.2, 0) is 0 Å². The molecule has 6 heteroatoms. The third-order valence-electron chi connectivity index (χ3n) is 2.97. The molecule has 0 radical (unpaired) electrons. The third kappa shape index (κ3) is 2.74. The quantitative estimate of drug-likeness (QED) is 0.906. The molecule has 0 bridgehead atoms. The second kappa shape index (κ2) is 5.54. The van der Waals surface area contributed by atoms with Crippen molar-refractivity contribution < 1.29 is 0 Å². The van der Waals surface area contributed by atoms with E-state index < -0.39 is 0 Å². The highest BCUT2D eigenvalue weighted by Crippen LogP contribution is 2.29. The normalized spacial score (nSPS) is 21.5. The van der Waals surface area contributed by atoms with Gasteiger partial charge >= 0.3 is 0 Å². The van der Waals surface area contributed by atoms with Crippen molar-refractivity contribution in [3.05, 3.63) is 16.0 Å². The first-order valence-electron chi connectivity index (χ1n) is 5.63. The van der Waals surface area contributed by atoms with Gasteiger partial charge in [0.1, 0.15) is 11.6 Å². The minimum atomic E-state index is 0.327. The molecule has 0 spiro atoms. The summed E-state index contributed by atoms with van der Waals surface area (Å²) in [5.74, 6) is 4.06. The Morgan fingerprint density at radius 3 is 2.88 bits per heavy atom. The topological polar surface area (TPSA) is 41.1 Å². The van der Waals surface area contributed by atoms with Crippen molar-refractivity contribution in [2.75, 3.05) is 37.5 Å². The van der Waals surface area contributed by atoms with Crippen molar-refractivity contribution in [1.82, 2.24) is 14.9 Å². The fraction of sp³-hybridized carbons (Fsp3) is 0.636. The molecule has 1 unspecified atom stereocenters. The Labute approximate surface area is 115 Å². The number of halogens is 1. The smallest absolute Gasteiger partial charge is 0.149 e. The summed E-state index contributed by atoms with van der Waals surface area (Å²) in [6.45, 7) is 3.11. The van der Waals surface area contributed by atoms with E-state index in [1.54, 1.807) is 0 Å². The van der Waals surface area contributed by atoms with Crippen LogP contribution in [0.1, 0.15) is 17.6 Å². The molecular weight excluding hydrogens is 300 g/mol. The van der Waals surface area contributed by atoms with Gasteiger partial charge in [0, 0.05) is 25.1 Å². The van der Waals surface area contributed by atoms with Gasteiger partial charge in [-0.25, -0.2) is 9.97 Å². The maximum absolute atomic E-state index is 4.60. The maximum Gasteiger partial charge on any atom is 0.149 e. The van der Waals surface area contributed by atoms with Crippen LogP contribution in [0.4, 0.5) is 5.82 Å². The van der Waals surface area contributed by atoms with E-state index in [-0.39, 0.29) is 0 Å². The molecule has 1 fully saturated rings. The Hall–Kier alpha value is -0.330. The number of nitrogens with zero attached hydrogens (tertiary/aromatic N) is 3. The Bertz CT molecular complexity index is 413. The molecule has 2 heterocycles. The lowest BCUT2D eigenvalue weighted by atomic mass is 10.2. The highest BCUT2D eigenvalue weighted by Gasteiger charge is 2.24. The predicted octanol–water partition coefficient (Wildman–Crippen LogP) is 2.31. The number of hydrogen-bond acceptors (Lipinski definition) is 5. The molecule has 1 saturated heterocycles. The Kier molecular flexibility index (Phi) is 4.27. The summed E-state index contributed by atoms with van der Waals surface area (Å²) in [7, 11) is 4.03. The lowest BCUT2D eigenvalue weighted by Crippen LogP contribution is -2.34. The van der Waals surface area contributed by atoms with E-state index in [2.05, 4.69) is 43.2 Å². The number of aryl methyl sites for hydroxylation is 1. The second-order valence-corrected chi connectivity index (χ2v) is 6.09. The van der Waals surface area contributed by atoms with Crippen LogP contribution in [0.25, 0.3) is 0 Å². The van der Waals surface area contributed by atoms with Gasteiger partial charge in [0.2, 0.25) is 0 Å². The highest BCUT2D eigenvalue weighted by molar-refractivity contribution is 9.10. The molecule has 2 rings (SSSR count). The van der Waals surface area contributed by atoms with Crippen LogP contribution in [0.2, 0.25) is 0 Å². The summed E-state index contributed by atoms with van der Waals surface area (Å²) in [5, 5.41) is 3.11. The van der Waals surface area contributed by atoms with Crippen LogP contribution in [0, 0.1) is 6.92 Å². The van der Waals surface area contributed by atoms with Crippen LogP contribution in [-0.4, -0.2) is 47.0 Å². The van der Waals surface area contributed by atoms with Crippen LogP contribution >= 0.6 is 27.7 Å². The van der Waals surface area contributed by atoms with Gasteiger partial charge in [-0.15, -0.1) is 0 Å². The molecule has 1 aromatic rings. The molecule has 17 heavy (non-hydrogen) atoms. The molecule has 1 aliphatic heterocycles. The third-order valence-corrected chi connectivity index (χ3v) is 4.94. The Morgan fingerprint density at radius 2 is 2.24 bits per heavy atom. The van der Waals surface area contributed by atoms with E-state index in [1.165, 1.54) is 5.75 Å². The van der Waals surface area contributed by atoms with Crippen LogP contribution < -0.4 is 5.32 Å². The van der Waals surface area contributed by atoms with Crippen LogP contribution in [0.15, 0.2) is 4.47 Å². The van der Waals surface area contributed by atoms with Gasteiger partial charge in [0.25, 0.3) is 0 Å². The lowest BCUT2D eigenvalue weighted by Gasteiger charge is -2.31. The number of hydrogen-bond donors (Lipinski definition) is 1. The number of nitrogens with one attached hydrogen (secondary N) is 1. The van der Waals surface area contributed by atoms with E-state index in [9.17, 15) is 0 Å². The molecule has 0 saturated carbocycles. The van der Waals surface area contributed by atoms with E-state index in [0.29, 0.717) is 6.04 Å². The fourth-order valence-electron chi connectivity index (χ4n) is 1.85. The van der Waals surface area contributed by atoms with Crippen LogP contribution in [0.3, 0.4) is 0 Å². The first-order valence-corrected chi connectivity index (χ1v) is 7.58. The summed E-state index contributed by atoms with van der Waals surface area (Å²) in [6.07, 6.45) is 0. The lowest BCUT2D eigenvalue weighted by molar-refractivity contribution is 0.264. The predicted molar refractivity (Wildman–Crippen MR) is 76.7 cm³/mol. The van der Waals surface area contributed by atoms with Gasteiger partial charge < -0.3 is 5.32 Å². The molecule has 0 aromatic carbocycles. The summed E-state index contributed by atoms with van der Waals surface area (Å²) >= 11 is 5.48. The minimum absolute atomic E-state index is 0.327. The van der Waals surface area contributed by atoms with Crippen molar-refractivity contribution in [2.45, 2.75) is 13.0 Å². The van der Waals surface area contributed by atoms with E-state index >= 15 is 0 Å². The van der Waals surface area contributed by atoms with E-state index in [4.69, 9.17) is 0 Å². The number of anilines is 1. The van der Waals surface area contributed by atoms with Gasteiger partial charge in [-0.3, -0.25) is 4.90 Å². The van der Waals surface area contributed by atoms with Gasteiger partial charge in [-0.1, -0.05) is 0 Å². The molecule has 94 valence electrons. The average molecular weight is 317 g/mol. The van der Waals surface area contributed by atoms with E-state index in [1.807, 2.05) is 25.7 Å². The van der Waals surface area contributed by atoms with Crippen molar-refractivity contribution in [3.8, 4) is 0 Å². The van der Waals surface area contributed by atoms with Gasteiger partial charge in [-0.05, 0) is 29.9 Å². The summed E-state index contributed by atoms with van der Waals surface area (Å²) in [6, 6.07) is 0.327. The summed E-state index contributed by atoms with van der Waals surface area (Å²) < 4.78 is 0.954. The molecule has 1 aliphatic rings. The first-order chi connectivity index (χ1) is 8.13. The SMILES string of the molecule is CNc1nc(C2CSCCN2C)nc(C)c1Br. The second-order valence-electron chi connectivity index (χ2n) is 4.15. The average Bonchev–Trinajstić information content (AvgIpc) is 2.33. The largest absolute Gasteiger partial charge is 0.372 e. The molecule has 1 N–H and O–H groups in total. The van der Waals surface area contributed by atoms with Crippen molar-refractivity contribution in [2.24, 2.45) is 0 Å². The fourth-order valence-corrected chi connectivity index (χ4v) is 3.44. The molecule has 1 aromatic heterocycles. The van der Waals surface area contributed by atoms with Crippen molar-refractivity contribution >= 4 is 33.5 Å². The zero-order valence-corrected chi connectivity index (χ0v) is 12.7. The van der Waals surface area contributed by atoms with Gasteiger partial charge in [0.05, 0.1) is 16.2 Å². The Balaban J connectivity index is 2.34. The zero-order chi connectivity index (χ0) is 12.4. The Morgan fingerprint density at radius 1 is 1.47 bits per heavy atom. The number of aromatic nitrogens is 2. The first kappa shape index (κ1) is 13.1. The highest BCUT2D eigenvalue weighted by atomic mass is 79.9. The monoisotopic (exact) mass is 316 g/mol.